The fourth-order valence-corrected chi connectivity index (χ4v) is 4.62. The molecule has 1 aromatic carbocycles. The minimum Gasteiger partial charge on any atom is -0.340 e. The molecule has 0 aliphatic carbocycles. The van der Waals surface area contributed by atoms with Gasteiger partial charge in [-0.2, -0.15) is 4.98 Å². The first-order valence-electron chi connectivity index (χ1n) is 13.0. The van der Waals surface area contributed by atoms with Crippen molar-refractivity contribution in [2.24, 2.45) is 5.92 Å². The SMILES string of the molecule is CCN(Cc1ccccc1)C(=O)CCc1nc(CN2CCN(C(=O)[C@H](C)Cn3ccnc3C)CC2)no1. The van der Waals surface area contributed by atoms with Crippen LogP contribution in [0.3, 0.4) is 0 Å². The maximum Gasteiger partial charge on any atom is 0.227 e. The second-order valence-corrected chi connectivity index (χ2v) is 9.63. The first kappa shape index (κ1) is 26.5. The van der Waals surface area contributed by atoms with Crippen LogP contribution in [0.1, 0.15) is 43.4 Å². The number of aryl methyl sites for hydroxylation is 2. The zero-order valence-corrected chi connectivity index (χ0v) is 22.0. The summed E-state index contributed by atoms with van der Waals surface area (Å²) in [5.74, 6) is 2.16. The van der Waals surface area contributed by atoms with Crippen LogP contribution in [0, 0.1) is 12.8 Å². The molecule has 2 aromatic heterocycles. The smallest absolute Gasteiger partial charge is 0.227 e. The summed E-state index contributed by atoms with van der Waals surface area (Å²) in [7, 11) is 0. The van der Waals surface area contributed by atoms with Gasteiger partial charge < -0.3 is 18.9 Å². The third-order valence-corrected chi connectivity index (χ3v) is 6.88. The predicted octanol–water partition coefficient (Wildman–Crippen LogP) is 2.54. The first-order valence-corrected chi connectivity index (χ1v) is 13.0. The quantitative estimate of drug-likeness (QED) is 0.393. The van der Waals surface area contributed by atoms with Gasteiger partial charge in [0.05, 0.1) is 12.5 Å². The van der Waals surface area contributed by atoms with Crippen molar-refractivity contribution < 1.29 is 14.1 Å². The van der Waals surface area contributed by atoms with Crippen molar-refractivity contribution in [2.75, 3.05) is 32.7 Å². The van der Waals surface area contributed by atoms with Crippen LogP contribution in [0.5, 0.6) is 0 Å². The second kappa shape index (κ2) is 12.6. The van der Waals surface area contributed by atoms with Crippen molar-refractivity contribution in [3.8, 4) is 0 Å². The highest BCUT2D eigenvalue weighted by Gasteiger charge is 2.26. The van der Waals surface area contributed by atoms with Gasteiger partial charge in [-0.1, -0.05) is 42.4 Å². The van der Waals surface area contributed by atoms with Gasteiger partial charge >= 0.3 is 0 Å². The number of hydrogen-bond donors (Lipinski definition) is 0. The summed E-state index contributed by atoms with van der Waals surface area (Å²) in [6.07, 6.45) is 4.43. The van der Waals surface area contributed by atoms with E-state index >= 15 is 0 Å². The molecule has 1 fully saturated rings. The lowest BCUT2D eigenvalue weighted by molar-refractivity contribution is -0.137. The highest BCUT2D eigenvalue weighted by molar-refractivity contribution is 5.78. The van der Waals surface area contributed by atoms with E-state index in [1.54, 1.807) is 6.20 Å². The lowest BCUT2D eigenvalue weighted by Gasteiger charge is -2.35. The summed E-state index contributed by atoms with van der Waals surface area (Å²) in [6, 6.07) is 9.99. The molecule has 0 unspecified atom stereocenters. The maximum atomic E-state index is 12.9. The number of benzene rings is 1. The van der Waals surface area contributed by atoms with Crippen LogP contribution in [-0.4, -0.2) is 78.9 Å². The van der Waals surface area contributed by atoms with Crippen molar-refractivity contribution in [1.82, 2.24) is 34.4 Å². The summed E-state index contributed by atoms with van der Waals surface area (Å²) in [6.45, 7) is 11.2. The van der Waals surface area contributed by atoms with Gasteiger partial charge in [-0.05, 0) is 19.4 Å². The molecule has 4 rings (SSSR count). The summed E-state index contributed by atoms with van der Waals surface area (Å²) < 4.78 is 7.43. The van der Waals surface area contributed by atoms with Gasteiger partial charge in [-0.15, -0.1) is 0 Å². The fraction of sp³-hybridized carbons (Fsp3) is 0.519. The minimum absolute atomic E-state index is 0.0734. The molecule has 3 heterocycles. The summed E-state index contributed by atoms with van der Waals surface area (Å²) in [4.78, 5) is 40.4. The molecule has 10 heteroatoms. The third kappa shape index (κ3) is 7.25. The molecule has 1 atom stereocenters. The Hall–Kier alpha value is -3.53. The Labute approximate surface area is 218 Å². The topological polar surface area (TPSA) is 101 Å². The van der Waals surface area contributed by atoms with Gasteiger partial charge in [0.1, 0.15) is 5.82 Å². The molecular weight excluding hydrogens is 470 g/mol. The molecule has 0 N–H and O–H groups in total. The van der Waals surface area contributed by atoms with Crippen LogP contribution < -0.4 is 0 Å². The van der Waals surface area contributed by atoms with E-state index in [-0.39, 0.29) is 17.7 Å². The number of hydrogen-bond acceptors (Lipinski definition) is 7. The minimum atomic E-state index is -0.0988. The Balaban J connectivity index is 1.19. The molecule has 1 aliphatic rings. The number of rotatable bonds is 11. The largest absolute Gasteiger partial charge is 0.340 e. The van der Waals surface area contributed by atoms with Crippen molar-refractivity contribution in [1.29, 1.82) is 0 Å². The van der Waals surface area contributed by atoms with Gasteiger partial charge in [0, 0.05) is 71.0 Å². The number of carbonyl (C=O) groups is 2. The zero-order valence-electron chi connectivity index (χ0n) is 22.0. The van der Waals surface area contributed by atoms with E-state index in [0.717, 1.165) is 24.5 Å². The van der Waals surface area contributed by atoms with Gasteiger partial charge in [-0.25, -0.2) is 4.98 Å². The molecule has 1 saturated heterocycles. The van der Waals surface area contributed by atoms with Crippen LogP contribution in [0.2, 0.25) is 0 Å². The number of aromatic nitrogens is 4. The Bertz CT molecular complexity index is 1150. The average molecular weight is 508 g/mol. The van der Waals surface area contributed by atoms with Crippen LogP contribution in [0.15, 0.2) is 47.2 Å². The number of amides is 2. The molecule has 0 radical (unpaired) electrons. The van der Waals surface area contributed by atoms with E-state index in [4.69, 9.17) is 4.52 Å². The van der Waals surface area contributed by atoms with Crippen LogP contribution in [-0.2, 0) is 35.6 Å². The van der Waals surface area contributed by atoms with Gasteiger partial charge in [-0.3, -0.25) is 14.5 Å². The van der Waals surface area contributed by atoms with Crippen molar-refractivity contribution in [3.63, 3.8) is 0 Å². The lowest BCUT2D eigenvalue weighted by atomic mass is 10.1. The van der Waals surface area contributed by atoms with Crippen molar-refractivity contribution in [3.05, 3.63) is 65.8 Å². The molecular formula is C27H37N7O3. The standard InChI is InChI=1S/C27H37N7O3/c1-4-32(19-23-8-6-5-7-9-23)26(35)11-10-25-29-24(30-37-25)20-31-14-16-33(17-15-31)27(36)21(2)18-34-13-12-28-22(34)3/h5-9,12-13,21H,4,10-11,14-20H2,1-3H3/t21-/m1/s1. The first-order chi connectivity index (χ1) is 17.9. The monoisotopic (exact) mass is 507 g/mol. The normalized spacial score (nSPS) is 15.1. The van der Waals surface area contributed by atoms with Gasteiger partial charge in [0.25, 0.3) is 0 Å². The number of piperazine rings is 1. The molecule has 2 amide bonds. The highest BCUT2D eigenvalue weighted by atomic mass is 16.5. The molecule has 198 valence electrons. The molecule has 1 aliphatic heterocycles. The van der Waals surface area contributed by atoms with Crippen LogP contribution >= 0.6 is 0 Å². The predicted molar refractivity (Wildman–Crippen MR) is 138 cm³/mol. The summed E-state index contributed by atoms with van der Waals surface area (Å²) in [5.41, 5.74) is 1.11. The maximum absolute atomic E-state index is 12.9. The Morgan fingerprint density at radius 2 is 1.89 bits per heavy atom. The Morgan fingerprint density at radius 1 is 1.14 bits per heavy atom. The Morgan fingerprint density at radius 3 is 2.57 bits per heavy atom. The molecule has 0 spiro atoms. The summed E-state index contributed by atoms with van der Waals surface area (Å²) >= 11 is 0. The number of carbonyl (C=O) groups excluding carboxylic acids is 2. The van der Waals surface area contributed by atoms with E-state index < -0.39 is 0 Å². The van der Waals surface area contributed by atoms with E-state index in [2.05, 4.69) is 20.0 Å². The molecule has 0 bridgehead atoms. The van der Waals surface area contributed by atoms with Crippen molar-refractivity contribution >= 4 is 11.8 Å². The van der Waals surface area contributed by atoms with Crippen LogP contribution in [0.4, 0.5) is 0 Å². The molecule has 10 nitrogen and oxygen atoms in total. The van der Waals surface area contributed by atoms with Gasteiger partial charge in [0.2, 0.25) is 17.7 Å². The van der Waals surface area contributed by atoms with E-state index in [1.165, 1.54) is 0 Å². The third-order valence-electron chi connectivity index (χ3n) is 6.88. The Kier molecular flexibility index (Phi) is 9.05. The van der Waals surface area contributed by atoms with E-state index in [9.17, 15) is 9.59 Å². The van der Waals surface area contributed by atoms with Gasteiger partial charge in [0.15, 0.2) is 5.82 Å². The average Bonchev–Trinajstić information content (AvgIpc) is 3.54. The molecule has 37 heavy (non-hydrogen) atoms. The van der Waals surface area contributed by atoms with E-state index in [0.29, 0.717) is 63.8 Å². The fourth-order valence-electron chi connectivity index (χ4n) is 4.62. The number of imidazole rings is 1. The molecule has 3 aromatic rings. The summed E-state index contributed by atoms with van der Waals surface area (Å²) in [5, 5.41) is 4.11. The van der Waals surface area contributed by atoms with E-state index in [1.807, 2.05) is 71.7 Å². The van der Waals surface area contributed by atoms with Crippen molar-refractivity contribution in [2.45, 2.75) is 53.2 Å². The zero-order chi connectivity index (χ0) is 26.2. The number of nitrogens with zero attached hydrogens (tertiary/aromatic N) is 7. The lowest BCUT2D eigenvalue weighted by Crippen LogP contribution is -2.50. The van der Waals surface area contributed by atoms with Crippen LogP contribution in [0.25, 0.3) is 0 Å². The second-order valence-electron chi connectivity index (χ2n) is 9.63. The highest BCUT2D eigenvalue weighted by Crippen LogP contribution is 2.13. The molecule has 0 saturated carbocycles.